The van der Waals surface area contributed by atoms with Gasteiger partial charge >= 0.3 is 0 Å². The molecule has 0 atom stereocenters. The average molecular weight is 174 g/mol. The molecule has 1 N–H and O–H groups in total. The normalized spacial score (nSPS) is 20.5. The Balaban J connectivity index is 1.96. The number of rotatable bonds is 4. The van der Waals surface area contributed by atoms with Crippen molar-refractivity contribution in [2.24, 2.45) is 0 Å². The topological polar surface area (TPSA) is 15.3 Å². The molecule has 11 heavy (non-hydrogen) atoms. The molecular weight excluding hydrogens is 156 g/mol. The highest BCUT2D eigenvalue weighted by atomic mass is 32.2. The van der Waals surface area contributed by atoms with Crippen LogP contribution in [0.3, 0.4) is 0 Å². The third-order valence-corrected chi connectivity index (χ3v) is 2.73. The summed E-state index contributed by atoms with van der Waals surface area (Å²) in [5.41, 5.74) is 0. The highest BCUT2D eigenvalue weighted by Gasteiger charge is 2.07. The lowest BCUT2D eigenvalue weighted by Gasteiger charge is -2.26. The number of piperazine rings is 1. The summed E-state index contributed by atoms with van der Waals surface area (Å²) in [5, 5.41) is 3.36. The van der Waals surface area contributed by atoms with Crippen molar-refractivity contribution in [2.45, 2.75) is 6.42 Å². The van der Waals surface area contributed by atoms with E-state index in [4.69, 9.17) is 0 Å². The molecule has 0 unspecified atom stereocenters. The predicted molar refractivity (Wildman–Crippen MR) is 52.3 cm³/mol. The van der Waals surface area contributed by atoms with Crippen molar-refractivity contribution < 1.29 is 0 Å². The quantitative estimate of drug-likeness (QED) is 0.630. The molecule has 0 aromatic carbocycles. The third-order valence-electron chi connectivity index (χ3n) is 2.03. The minimum atomic E-state index is 1.18. The largest absolute Gasteiger partial charge is 0.314 e. The van der Waals surface area contributed by atoms with Crippen LogP contribution in [-0.2, 0) is 0 Å². The molecule has 0 amide bonds. The Labute approximate surface area is 73.7 Å². The molecule has 66 valence electrons. The molecule has 0 saturated carbocycles. The highest BCUT2D eigenvalue weighted by molar-refractivity contribution is 7.98. The fourth-order valence-corrected chi connectivity index (χ4v) is 1.79. The summed E-state index contributed by atoms with van der Waals surface area (Å²) >= 11 is 1.95. The van der Waals surface area contributed by atoms with Crippen molar-refractivity contribution in [2.75, 3.05) is 44.7 Å². The van der Waals surface area contributed by atoms with Crippen molar-refractivity contribution in [3.05, 3.63) is 0 Å². The van der Waals surface area contributed by atoms with Crippen LogP contribution < -0.4 is 5.32 Å². The van der Waals surface area contributed by atoms with Crippen LogP contribution in [0.5, 0.6) is 0 Å². The molecule has 0 aromatic heterocycles. The van der Waals surface area contributed by atoms with Gasteiger partial charge in [0, 0.05) is 26.2 Å². The predicted octanol–water partition coefficient (Wildman–Crippen LogP) is 0.645. The van der Waals surface area contributed by atoms with Crippen LogP contribution in [0.2, 0.25) is 0 Å². The number of nitrogens with one attached hydrogen (secondary N) is 1. The lowest BCUT2D eigenvalue weighted by atomic mass is 10.3. The molecule has 0 spiro atoms. The van der Waals surface area contributed by atoms with Gasteiger partial charge in [-0.05, 0) is 25.0 Å². The fraction of sp³-hybridized carbons (Fsp3) is 1.00. The van der Waals surface area contributed by atoms with Gasteiger partial charge in [-0.15, -0.1) is 0 Å². The van der Waals surface area contributed by atoms with Crippen molar-refractivity contribution in [3.63, 3.8) is 0 Å². The fourth-order valence-electron chi connectivity index (χ4n) is 1.37. The molecule has 3 heteroatoms. The monoisotopic (exact) mass is 174 g/mol. The van der Waals surface area contributed by atoms with E-state index >= 15 is 0 Å². The lowest BCUT2D eigenvalue weighted by molar-refractivity contribution is 0.242. The van der Waals surface area contributed by atoms with E-state index in [0.29, 0.717) is 0 Å². The number of hydrogen-bond acceptors (Lipinski definition) is 3. The van der Waals surface area contributed by atoms with Gasteiger partial charge in [0.05, 0.1) is 0 Å². The Hall–Kier alpha value is 0.270. The average Bonchev–Trinajstić information content (AvgIpc) is 2.07. The van der Waals surface area contributed by atoms with Crippen molar-refractivity contribution in [1.29, 1.82) is 0 Å². The zero-order valence-electron chi connectivity index (χ0n) is 7.31. The first-order chi connectivity index (χ1) is 5.43. The Morgan fingerprint density at radius 2 is 2.09 bits per heavy atom. The van der Waals surface area contributed by atoms with E-state index in [1.165, 1.54) is 44.9 Å². The lowest BCUT2D eigenvalue weighted by Crippen LogP contribution is -2.43. The molecule has 1 rings (SSSR count). The minimum absolute atomic E-state index is 1.18. The SMILES string of the molecule is CSCCCN1CCNCC1. The Bertz CT molecular complexity index is 92.1. The molecule has 0 aromatic rings. The first kappa shape index (κ1) is 9.36. The number of thioether (sulfide) groups is 1. The maximum atomic E-state index is 3.36. The van der Waals surface area contributed by atoms with Gasteiger partial charge in [-0.1, -0.05) is 0 Å². The molecule has 2 nitrogen and oxygen atoms in total. The highest BCUT2D eigenvalue weighted by Crippen LogP contribution is 1.99. The summed E-state index contributed by atoms with van der Waals surface area (Å²) in [6.45, 7) is 6.14. The molecule has 0 aliphatic carbocycles. The molecule has 1 saturated heterocycles. The van der Waals surface area contributed by atoms with Gasteiger partial charge in [-0.25, -0.2) is 0 Å². The molecular formula is C8H18N2S. The van der Waals surface area contributed by atoms with Gasteiger partial charge in [0.1, 0.15) is 0 Å². The van der Waals surface area contributed by atoms with E-state index in [0.717, 1.165) is 0 Å². The van der Waals surface area contributed by atoms with Crippen LogP contribution in [0, 0.1) is 0 Å². The van der Waals surface area contributed by atoms with E-state index in [1.807, 2.05) is 11.8 Å². The molecule has 0 bridgehead atoms. The van der Waals surface area contributed by atoms with Gasteiger partial charge in [0.2, 0.25) is 0 Å². The molecule has 1 aliphatic rings. The van der Waals surface area contributed by atoms with Gasteiger partial charge in [-0.2, -0.15) is 11.8 Å². The second kappa shape index (κ2) is 5.86. The van der Waals surface area contributed by atoms with Crippen LogP contribution in [0.25, 0.3) is 0 Å². The van der Waals surface area contributed by atoms with Crippen LogP contribution in [0.4, 0.5) is 0 Å². The van der Waals surface area contributed by atoms with E-state index < -0.39 is 0 Å². The second-order valence-electron chi connectivity index (χ2n) is 2.94. The summed E-state index contributed by atoms with van der Waals surface area (Å²) in [7, 11) is 0. The maximum Gasteiger partial charge on any atom is 0.0107 e. The zero-order chi connectivity index (χ0) is 7.94. The zero-order valence-corrected chi connectivity index (χ0v) is 8.12. The van der Waals surface area contributed by atoms with Gasteiger partial charge < -0.3 is 10.2 Å². The van der Waals surface area contributed by atoms with Gasteiger partial charge in [0.15, 0.2) is 0 Å². The summed E-state index contributed by atoms with van der Waals surface area (Å²) in [4.78, 5) is 2.55. The third kappa shape index (κ3) is 3.99. The van der Waals surface area contributed by atoms with E-state index in [2.05, 4.69) is 16.5 Å². The first-order valence-electron chi connectivity index (χ1n) is 4.35. The minimum Gasteiger partial charge on any atom is -0.314 e. The van der Waals surface area contributed by atoms with Crippen molar-refractivity contribution >= 4 is 11.8 Å². The second-order valence-corrected chi connectivity index (χ2v) is 3.92. The smallest absolute Gasteiger partial charge is 0.0107 e. The van der Waals surface area contributed by atoms with Crippen LogP contribution in [0.1, 0.15) is 6.42 Å². The Morgan fingerprint density at radius 1 is 1.36 bits per heavy atom. The van der Waals surface area contributed by atoms with Crippen LogP contribution in [-0.4, -0.2) is 49.6 Å². The number of hydrogen-bond donors (Lipinski definition) is 1. The van der Waals surface area contributed by atoms with Crippen molar-refractivity contribution in [3.8, 4) is 0 Å². The molecule has 1 fully saturated rings. The molecule has 1 heterocycles. The number of nitrogens with zero attached hydrogens (tertiary/aromatic N) is 1. The van der Waals surface area contributed by atoms with Crippen molar-refractivity contribution in [1.82, 2.24) is 10.2 Å². The maximum absolute atomic E-state index is 3.36. The van der Waals surface area contributed by atoms with Gasteiger partial charge in [-0.3, -0.25) is 0 Å². The Morgan fingerprint density at radius 3 is 2.73 bits per heavy atom. The summed E-state index contributed by atoms with van der Waals surface area (Å²) in [6.07, 6.45) is 3.53. The van der Waals surface area contributed by atoms with E-state index in [1.54, 1.807) is 0 Å². The standard InChI is InChI=1S/C8H18N2S/c1-11-8-2-5-10-6-3-9-4-7-10/h9H,2-8H2,1H3. The first-order valence-corrected chi connectivity index (χ1v) is 5.75. The summed E-state index contributed by atoms with van der Waals surface area (Å²) < 4.78 is 0. The summed E-state index contributed by atoms with van der Waals surface area (Å²) in [6, 6.07) is 0. The Kier molecular flexibility index (Phi) is 4.99. The van der Waals surface area contributed by atoms with Crippen LogP contribution in [0.15, 0.2) is 0 Å². The van der Waals surface area contributed by atoms with E-state index in [9.17, 15) is 0 Å². The van der Waals surface area contributed by atoms with Crippen LogP contribution >= 0.6 is 11.8 Å². The molecule has 0 radical (unpaired) electrons. The van der Waals surface area contributed by atoms with E-state index in [-0.39, 0.29) is 0 Å². The molecule has 1 aliphatic heterocycles. The summed E-state index contributed by atoms with van der Waals surface area (Å²) in [5.74, 6) is 1.31. The van der Waals surface area contributed by atoms with Gasteiger partial charge in [0.25, 0.3) is 0 Å².